The van der Waals surface area contributed by atoms with Crippen LogP contribution in [-0.4, -0.2) is 56.5 Å². The van der Waals surface area contributed by atoms with Crippen molar-refractivity contribution >= 4 is 11.4 Å². The molecule has 25 heavy (non-hydrogen) atoms. The number of hydrogen-bond donors (Lipinski definition) is 0. The van der Waals surface area contributed by atoms with Crippen molar-refractivity contribution in [2.24, 2.45) is 5.92 Å². The average molecular weight is 337 g/mol. The highest BCUT2D eigenvalue weighted by molar-refractivity contribution is 5.92. The van der Waals surface area contributed by atoms with Gasteiger partial charge in [-0.15, -0.1) is 0 Å². The molecule has 0 aromatic carbocycles. The fourth-order valence-corrected chi connectivity index (χ4v) is 3.23. The van der Waals surface area contributed by atoms with Crippen molar-refractivity contribution in [2.45, 2.75) is 6.42 Å². The van der Waals surface area contributed by atoms with Crippen LogP contribution in [-0.2, 0) is 11.2 Å². The van der Waals surface area contributed by atoms with E-state index in [1.807, 2.05) is 29.6 Å². The van der Waals surface area contributed by atoms with Gasteiger partial charge in [-0.2, -0.15) is 0 Å². The summed E-state index contributed by atoms with van der Waals surface area (Å²) < 4.78 is 7.79. The molecule has 1 aliphatic heterocycles. The zero-order valence-electron chi connectivity index (χ0n) is 13.8. The van der Waals surface area contributed by atoms with Gasteiger partial charge in [0.2, 0.25) is 0 Å². The Morgan fingerprint density at radius 3 is 3.08 bits per heavy atom. The number of fused-ring (bicyclic) bond motifs is 1. The number of hydrogen-bond acceptors (Lipinski definition) is 5. The van der Waals surface area contributed by atoms with E-state index in [-0.39, 0.29) is 11.8 Å². The van der Waals surface area contributed by atoms with E-state index in [0.717, 1.165) is 17.6 Å². The zero-order chi connectivity index (χ0) is 17.1. The molecule has 0 spiro atoms. The molecule has 1 atom stereocenters. The van der Waals surface area contributed by atoms with Crippen LogP contribution in [0.5, 0.6) is 0 Å². The highest BCUT2D eigenvalue weighted by Gasteiger charge is 2.25. The van der Waals surface area contributed by atoms with Crippen molar-refractivity contribution in [1.29, 1.82) is 0 Å². The normalized spacial score (nSPS) is 18.2. The van der Waals surface area contributed by atoms with Crippen LogP contribution >= 0.6 is 0 Å². The third-order valence-electron chi connectivity index (χ3n) is 4.44. The van der Waals surface area contributed by atoms with Gasteiger partial charge in [0.25, 0.3) is 5.91 Å². The summed E-state index contributed by atoms with van der Waals surface area (Å²) in [6, 6.07) is 5.71. The Labute approximate surface area is 145 Å². The van der Waals surface area contributed by atoms with E-state index in [2.05, 4.69) is 25.4 Å². The van der Waals surface area contributed by atoms with E-state index in [1.165, 1.54) is 6.33 Å². The number of aromatic nitrogens is 4. The van der Waals surface area contributed by atoms with Crippen molar-refractivity contribution in [3.8, 4) is 0 Å². The van der Waals surface area contributed by atoms with Crippen LogP contribution in [0.4, 0.5) is 0 Å². The maximum absolute atomic E-state index is 12.7. The quantitative estimate of drug-likeness (QED) is 0.723. The van der Waals surface area contributed by atoms with E-state index in [0.29, 0.717) is 32.0 Å². The first-order valence-corrected chi connectivity index (χ1v) is 8.35. The number of amides is 1. The number of carbonyl (C=O) groups excluding carboxylic acids is 1. The first-order valence-electron chi connectivity index (χ1n) is 8.35. The number of ether oxygens (including phenoxy) is 1. The first-order chi connectivity index (χ1) is 12.3. The highest BCUT2D eigenvalue weighted by Crippen LogP contribution is 2.18. The van der Waals surface area contributed by atoms with Crippen LogP contribution in [0.25, 0.3) is 5.52 Å². The van der Waals surface area contributed by atoms with Crippen LogP contribution in [0.3, 0.4) is 0 Å². The summed E-state index contributed by atoms with van der Waals surface area (Å²) in [4.78, 5) is 27.0. The summed E-state index contributed by atoms with van der Waals surface area (Å²) >= 11 is 0. The standard InChI is InChI=1S/C18H19N5O2/c24-18(15-3-4-19-13-21-15)23-8-9-25-12-14(11-23)10-16-17-2-1-6-22(17)7-5-20-16/h1-7,13-14H,8-12H2/t14-/m0/s1. The molecule has 0 bridgehead atoms. The molecule has 3 aromatic rings. The molecule has 128 valence electrons. The van der Waals surface area contributed by atoms with Crippen LogP contribution in [0.2, 0.25) is 0 Å². The summed E-state index contributed by atoms with van der Waals surface area (Å²) in [7, 11) is 0. The largest absolute Gasteiger partial charge is 0.379 e. The van der Waals surface area contributed by atoms with Gasteiger partial charge < -0.3 is 14.0 Å². The second-order valence-electron chi connectivity index (χ2n) is 6.17. The second-order valence-corrected chi connectivity index (χ2v) is 6.17. The topological polar surface area (TPSA) is 72.6 Å². The minimum absolute atomic E-state index is 0.0771. The van der Waals surface area contributed by atoms with Crippen molar-refractivity contribution in [3.63, 3.8) is 0 Å². The third-order valence-corrected chi connectivity index (χ3v) is 4.44. The van der Waals surface area contributed by atoms with Gasteiger partial charge in [0.05, 0.1) is 24.4 Å². The van der Waals surface area contributed by atoms with Crippen molar-refractivity contribution < 1.29 is 9.53 Å². The molecular weight excluding hydrogens is 318 g/mol. The molecule has 1 saturated heterocycles. The maximum Gasteiger partial charge on any atom is 0.272 e. The molecule has 7 heteroatoms. The molecule has 7 nitrogen and oxygen atoms in total. The molecule has 1 amide bonds. The summed E-state index contributed by atoms with van der Waals surface area (Å²) in [6.07, 6.45) is 9.51. The maximum atomic E-state index is 12.7. The smallest absolute Gasteiger partial charge is 0.272 e. The zero-order valence-corrected chi connectivity index (χ0v) is 13.8. The predicted octanol–water partition coefficient (Wildman–Crippen LogP) is 1.46. The average Bonchev–Trinajstić information content (AvgIpc) is 3.02. The lowest BCUT2D eigenvalue weighted by Gasteiger charge is -2.23. The van der Waals surface area contributed by atoms with E-state index in [9.17, 15) is 4.79 Å². The van der Waals surface area contributed by atoms with Crippen LogP contribution in [0.15, 0.2) is 49.3 Å². The molecule has 4 heterocycles. The Morgan fingerprint density at radius 2 is 2.20 bits per heavy atom. The Hall–Kier alpha value is -2.80. The fourth-order valence-electron chi connectivity index (χ4n) is 3.23. The molecule has 0 radical (unpaired) electrons. The van der Waals surface area contributed by atoms with Crippen molar-refractivity contribution in [1.82, 2.24) is 24.3 Å². The lowest BCUT2D eigenvalue weighted by molar-refractivity contribution is 0.0731. The molecule has 3 aromatic heterocycles. The highest BCUT2D eigenvalue weighted by atomic mass is 16.5. The van der Waals surface area contributed by atoms with E-state index in [1.54, 1.807) is 12.3 Å². The van der Waals surface area contributed by atoms with Crippen LogP contribution < -0.4 is 0 Å². The minimum atomic E-state index is -0.0771. The third kappa shape index (κ3) is 3.36. The van der Waals surface area contributed by atoms with Crippen LogP contribution in [0.1, 0.15) is 16.2 Å². The molecule has 1 aliphatic rings. The molecular formula is C18H19N5O2. The summed E-state index contributed by atoms with van der Waals surface area (Å²) in [6.45, 7) is 2.36. The fraction of sp³-hybridized carbons (Fsp3) is 0.333. The minimum Gasteiger partial charge on any atom is -0.379 e. The predicted molar refractivity (Wildman–Crippen MR) is 91.1 cm³/mol. The molecule has 0 aliphatic carbocycles. The van der Waals surface area contributed by atoms with Crippen LogP contribution in [0, 0.1) is 5.92 Å². The van der Waals surface area contributed by atoms with Crippen molar-refractivity contribution in [3.05, 3.63) is 60.7 Å². The number of carbonyl (C=O) groups is 1. The summed E-state index contributed by atoms with van der Waals surface area (Å²) in [5.41, 5.74) is 2.54. The molecule has 0 N–H and O–H groups in total. The van der Waals surface area contributed by atoms with E-state index in [4.69, 9.17) is 4.74 Å². The first kappa shape index (κ1) is 15.7. The van der Waals surface area contributed by atoms with E-state index < -0.39 is 0 Å². The van der Waals surface area contributed by atoms with Gasteiger partial charge in [-0.1, -0.05) is 0 Å². The Kier molecular flexibility index (Phi) is 4.39. The van der Waals surface area contributed by atoms with Crippen molar-refractivity contribution in [2.75, 3.05) is 26.3 Å². The Balaban J connectivity index is 1.52. The van der Waals surface area contributed by atoms with Gasteiger partial charge in [-0.05, 0) is 24.6 Å². The molecule has 0 saturated carbocycles. The monoisotopic (exact) mass is 337 g/mol. The summed E-state index contributed by atoms with van der Waals surface area (Å²) in [5, 5.41) is 0. The van der Waals surface area contributed by atoms with Gasteiger partial charge in [0, 0.05) is 43.8 Å². The SMILES string of the molecule is O=C(c1ccncn1)N1CCOC[C@@H](Cc2nccn3cccc23)C1. The molecule has 1 fully saturated rings. The second kappa shape index (κ2) is 6.98. The lowest BCUT2D eigenvalue weighted by atomic mass is 10.0. The Morgan fingerprint density at radius 1 is 1.24 bits per heavy atom. The van der Waals surface area contributed by atoms with Gasteiger partial charge in [0.1, 0.15) is 12.0 Å². The van der Waals surface area contributed by atoms with Gasteiger partial charge in [0.15, 0.2) is 0 Å². The van der Waals surface area contributed by atoms with Gasteiger partial charge in [-0.3, -0.25) is 9.78 Å². The molecule has 4 rings (SSSR count). The molecule has 0 unspecified atom stereocenters. The van der Waals surface area contributed by atoms with E-state index >= 15 is 0 Å². The lowest BCUT2D eigenvalue weighted by Crippen LogP contribution is -2.37. The number of nitrogens with zero attached hydrogens (tertiary/aromatic N) is 5. The van der Waals surface area contributed by atoms with Gasteiger partial charge >= 0.3 is 0 Å². The summed E-state index contributed by atoms with van der Waals surface area (Å²) in [5.74, 6) is 0.119. The Bertz CT molecular complexity index is 864. The van der Waals surface area contributed by atoms with Gasteiger partial charge in [-0.25, -0.2) is 9.97 Å². The number of rotatable bonds is 3.